The summed E-state index contributed by atoms with van der Waals surface area (Å²) in [5, 5.41) is 3.17. The van der Waals surface area contributed by atoms with Crippen LogP contribution in [0.4, 0.5) is 0 Å². The van der Waals surface area contributed by atoms with E-state index in [9.17, 15) is 14.4 Å². The Bertz CT molecular complexity index is 803. The second-order valence-electron chi connectivity index (χ2n) is 4.84. The van der Waals surface area contributed by atoms with E-state index in [1.807, 2.05) is 6.92 Å². The summed E-state index contributed by atoms with van der Waals surface area (Å²) in [6.07, 6.45) is 0.727. The molecule has 1 N–H and O–H groups in total. The molecule has 1 amide bonds. The molecule has 0 aliphatic carbocycles. The zero-order valence-electron chi connectivity index (χ0n) is 12.8. The summed E-state index contributed by atoms with van der Waals surface area (Å²) in [4.78, 5) is 37.0. The number of aromatic nitrogens is 2. The first kappa shape index (κ1) is 16.4. The van der Waals surface area contributed by atoms with Gasteiger partial charge in [0.2, 0.25) is 0 Å². The predicted octanol–water partition coefficient (Wildman–Crippen LogP) is 0.455. The quantitative estimate of drug-likeness (QED) is 0.782. The van der Waals surface area contributed by atoms with Gasteiger partial charge in [0, 0.05) is 33.9 Å². The monoisotopic (exact) mass is 325 g/mol. The summed E-state index contributed by atoms with van der Waals surface area (Å²) < 4.78 is 7.62. The third kappa shape index (κ3) is 3.12. The number of aryl methyl sites for hydroxylation is 1. The van der Waals surface area contributed by atoms with Crippen molar-refractivity contribution >= 4 is 27.5 Å². The molecule has 0 bridgehead atoms. The first-order valence-corrected chi connectivity index (χ1v) is 7.84. The second-order valence-corrected chi connectivity index (χ2v) is 5.87. The van der Waals surface area contributed by atoms with Crippen LogP contribution in [0.15, 0.2) is 15.7 Å². The molecule has 0 unspecified atom stereocenters. The summed E-state index contributed by atoms with van der Waals surface area (Å²) in [6.45, 7) is 3.67. The van der Waals surface area contributed by atoms with Crippen LogP contribution < -0.4 is 16.6 Å². The molecule has 0 radical (unpaired) electrons. The standard InChI is InChI=1S/C14H19N3O4S/c1-4-21-7-5-6-15-11(18)10-8-9-12(19)16(2)14(20)17(3)13(9)22-10/h8H,4-7H2,1-3H3,(H,15,18). The smallest absolute Gasteiger partial charge is 0.331 e. The highest BCUT2D eigenvalue weighted by molar-refractivity contribution is 7.20. The van der Waals surface area contributed by atoms with E-state index in [-0.39, 0.29) is 11.5 Å². The Morgan fingerprint density at radius 3 is 2.73 bits per heavy atom. The van der Waals surface area contributed by atoms with Crippen LogP contribution in [-0.2, 0) is 18.8 Å². The number of hydrogen-bond donors (Lipinski definition) is 1. The Kier molecular flexibility index (Phi) is 5.15. The topological polar surface area (TPSA) is 82.3 Å². The maximum absolute atomic E-state index is 12.1. The van der Waals surface area contributed by atoms with Gasteiger partial charge < -0.3 is 10.1 Å². The molecule has 2 aromatic rings. The van der Waals surface area contributed by atoms with Gasteiger partial charge in [-0.3, -0.25) is 18.7 Å². The second kappa shape index (κ2) is 6.89. The van der Waals surface area contributed by atoms with Crippen molar-refractivity contribution in [1.82, 2.24) is 14.5 Å². The van der Waals surface area contributed by atoms with Crippen molar-refractivity contribution in [3.05, 3.63) is 31.8 Å². The van der Waals surface area contributed by atoms with Gasteiger partial charge in [-0.1, -0.05) is 0 Å². The minimum Gasteiger partial charge on any atom is -0.382 e. The van der Waals surface area contributed by atoms with Gasteiger partial charge in [0.15, 0.2) is 0 Å². The number of fused-ring (bicyclic) bond motifs is 1. The SMILES string of the molecule is CCOCCCNC(=O)c1cc2c(=O)n(C)c(=O)n(C)c2s1. The Morgan fingerprint density at radius 2 is 2.05 bits per heavy atom. The fourth-order valence-electron chi connectivity index (χ4n) is 2.08. The van der Waals surface area contributed by atoms with E-state index >= 15 is 0 Å². The predicted molar refractivity (Wildman–Crippen MR) is 85.8 cm³/mol. The number of ether oxygens (including phenoxy) is 1. The van der Waals surface area contributed by atoms with Gasteiger partial charge in [-0.2, -0.15) is 0 Å². The van der Waals surface area contributed by atoms with Crippen molar-refractivity contribution in [3.63, 3.8) is 0 Å². The number of nitrogens with zero attached hydrogens (tertiary/aromatic N) is 2. The lowest BCUT2D eigenvalue weighted by molar-refractivity contribution is 0.0948. The first-order chi connectivity index (χ1) is 10.5. The van der Waals surface area contributed by atoms with Crippen LogP contribution in [0.25, 0.3) is 10.2 Å². The molecule has 2 heterocycles. The number of rotatable bonds is 6. The van der Waals surface area contributed by atoms with Gasteiger partial charge in [0.1, 0.15) is 4.83 Å². The lowest BCUT2D eigenvalue weighted by Crippen LogP contribution is -2.36. The Labute approximate surface area is 131 Å². The average Bonchev–Trinajstić information content (AvgIpc) is 2.96. The van der Waals surface area contributed by atoms with E-state index in [0.717, 1.165) is 22.3 Å². The highest BCUT2D eigenvalue weighted by atomic mass is 32.1. The molecule has 0 fully saturated rings. The molecule has 0 saturated carbocycles. The highest BCUT2D eigenvalue weighted by Crippen LogP contribution is 2.21. The number of hydrogen-bond acceptors (Lipinski definition) is 5. The molecule has 8 heteroatoms. The van der Waals surface area contributed by atoms with Crippen LogP contribution >= 0.6 is 11.3 Å². The van der Waals surface area contributed by atoms with Crippen LogP contribution in [0, 0.1) is 0 Å². The number of thiophene rings is 1. The summed E-state index contributed by atoms with van der Waals surface area (Å²) in [5.74, 6) is -0.243. The molecular weight excluding hydrogens is 306 g/mol. The number of carbonyl (C=O) groups excluding carboxylic acids is 1. The van der Waals surface area contributed by atoms with Crippen molar-refractivity contribution < 1.29 is 9.53 Å². The summed E-state index contributed by atoms with van der Waals surface area (Å²) in [7, 11) is 3.01. The van der Waals surface area contributed by atoms with E-state index in [4.69, 9.17) is 4.74 Å². The molecule has 7 nitrogen and oxygen atoms in total. The molecule has 2 rings (SSSR count). The molecule has 0 aromatic carbocycles. The number of carbonyl (C=O) groups is 1. The molecule has 0 aliphatic rings. The van der Waals surface area contributed by atoms with Crippen LogP contribution in [0.1, 0.15) is 23.0 Å². The van der Waals surface area contributed by atoms with Crippen LogP contribution in [0.3, 0.4) is 0 Å². The molecule has 0 spiro atoms. The summed E-state index contributed by atoms with van der Waals surface area (Å²) in [5.41, 5.74) is -0.784. The molecule has 0 aliphatic heterocycles. The zero-order chi connectivity index (χ0) is 16.3. The largest absolute Gasteiger partial charge is 0.382 e. The van der Waals surface area contributed by atoms with Crippen LogP contribution in [-0.4, -0.2) is 34.8 Å². The van der Waals surface area contributed by atoms with Gasteiger partial charge in [-0.25, -0.2) is 4.79 Å². The Balaban J connectivity index is 2.21. The molecule has 0 saturated heterocycles. The van der Waals surface area contributed by atoms with Gasteiger partial charge in [0.25, 0.3) is 11.5 Å². The lowest BCUT2D eigenvalue weighted by Gasteiger charge is -2.03. The zero-order valence-corrected chi connectivity index (χ0v) is 13.7. The van der Waals surface area contributed by atoms with Crippen molar-refractivity contribution in [1.29, 1.82) is 0 Å². The van der Waals surface area contributed by atoms with Crippen molar-refractivity contribution in [2.75, 3.05) is 19.8 Å². The first-order valence-electron chi connectivity index (χ1n) is 7.02. The van der Waals surface area contributed by atoms with E-state index < -0.39 is 5.69 Å². The average molecular weight is 325 g/mol. The fraction of sp³-hybridized carbons (Fsp3) is 0.500. The van der Waals surface area contributed by atoms with Crippen molar-refractivity contribution in [2.45, 2.75) is 13.3 Å². The summed E-state index contributed by atoms with van der Waals surface area (Å²) in [6, 6.07) is 1.54. The lowest BCUT2D eigenvalue weighted by atomic mass is 10.3. The molecular formula is C14H19N3O4S. The fourth-order valence-corrected chi connectivity index (χ4v) is 3.10. The number of nitrogens with one attached hydrogen (secondary N) is 1. The molecule has 2 aromatic heterocycles. The normalized spacial score (nSPS) is 11.0. The maximum atomic E-state index is 12.1. The Morgan fingerprint density at radius 1 is 1.32 bits per heavy atom. The van der Waals surface area contributed by atoms with Crippen LogP contribution in [0.5, 0.6) is 0 Å². The molecule has 120 valence electrons. The van der Waals surface area contributed by atoms with Gasteiger partial charge in [0.05, 0.1) is 10.3 Å². The third-order valence-electron chi connectivity index (χ3n) is 3.30. The van der Waals surface area contributed by atoms with Crippen molar-refractivity contribution in [3.8, 4) is 0 Å². The van der Waals surface area contributed by atoms with E-state index in [0.29, 0.717) is 34.9 Å². The molecule has 22 heavy (non-hydrogen) atoms. The van der Waals surface area contributed by atoms with Gasteiger partial charge in [-0.05, 0) is 19.4 Å². The van der Waals surface area contributed by atoms with E-state index in [2.05, 4.69) is 5.32 Å². The van der Waals surface area contributed by atoms with Gasteiger partial charge >= 0.3 is 5.69 Å². The van der Waals surface area contributed by atoms with E-state index in [1.165, 1.54) is 11.6 Å². The molecule has 0 atom stereocenters. The van der Waals surface area contributed by atoms with E-state index in [1.54, 1.807) is 13.1 Å². The number of amides is 1. The van der Waals surface area contributed by atoms with Gasteiger partial charge in [-0.15, -0.1) is 11.3 Å². The third-order valence-corrected chi connectivity index (χ3v) is 4.52. The highest BCUT2D eigenvalue weighted by Gasteiger charge is 2.16. The summed E-state index contributed by atoms with van der Waals surface area (Å²) >= 11 is 1.14. The minimum absolute atomic E-state index is 0.243. The minimum atomic E-state index is -0.400. The van der Waals surface area contributed by atoms with Crippen LogP contribution in [0.2, 0.25) is 0 Å². The maximum Gasteiger partial charge on any atom is 0.331 e. The Hall–Kier alpha value is -1.93. The van der Waals surface area contributed by atoms with Crippen molar-refractivity contribution in [2.24, 2.45) is 14.1 Å².